The van der Waals surface area contributed by atoms with Crippen molar-refractivity contribution in [3.63, 3.8) is 0 Å². The van der Waals surface area contributed by atoms with Crippen molar-refractivity contribution < 1.29 is 9.94 Å². The summed E-state index contributed by atoms with van der Waals surface area (Å²) < 4.78 is 0. The summed E-state index contributed by atoms with van der Waals surface area (Å²) in [5.74, 6) is 0. The van der Waals surface area contributed by atoms with Gasteiger partial charge >= 0.3 is 0 Å². The molecule has 0 aromatic heterocycles. The molecule has 2 rings (SSSR count). The zero-order valence-electron chi connectivity index (χ0n) is 13.4. The summed E-state index contributed by atoms with van der Waals surface area (Å²) in [5.41, 5.74) is 1.12. The Morgan fingerprint density at radius 3 is 2.35 bits per heavy atom. The van der Waals surface area contributed by atoms with Gasteiger partial charge in [-0.2, -0.15) is 5.06 Å². The van der Waals surface area contributed by atoms with E-state index in [0.29, 0.717) is 0 Å². The van der Waals surface area contributed by atoms with Crippen LogP contribution >= 0.6 is 0 Å². The molecule has 0 bridgehead atoms. The van der Waals surface area contributed by atoms with Crippen molar-refractivity contribution in [3.8, 4) is 0 Å². The molecule has 1 N–H and O–H groups in total. The second-order valence-corrected chi connectivity index (χ2v) is 7.23. The Bertz CT molecular complexity index is 380. The van der Waals surface area contributed by atoms with Gasteiger partial charge in [0.15, 0.2) is 0 Å². The van der Waals surface area contributed by atoms with Crippen molar-refractivity contribution in [2.45, 2.75) is 77.0 Å². The lowest BCUT2D eigenvalue weighted by Gasteiger charge is -2.52. The lowest BCUT2D eigenvalue weighted by Crippen LogP contribution is -2.59. The molecule has 2 aliphatic rings. The molecule has 3 heteroatoms. The number of nitrogens with zero attached hydrogens (tertiary/aromatic N) is 1. The average Bonchev–Trinajstić information content (AvgIpc) is 2.38. The van der Waals surface area contributed by atoms with E-state index in [1.807, 2.05) is 0 Å². The Hall–Kier alpha value is -0.640. The van der Waals surface area contributed by atoms with Crippen molar-refractivity contribution in [3.05, 3.63) is 23.8 Å². The summed E-state index contributed by atoms with van der Waals surface area (Å²) in [6.07, 6.45) is 11.8. The molecule has 0 saturated carbocycles. The van der Waals surface area contributed by atoms with Gasteiger partial charge in [0.1, 0.15) is 6.10 Å². The first-order valence-corrected chi connectivity index (χ1v) is 7.81. The van der Waals surface area contributed by atoms with Crippen LogP contribution in [0.5, 0.6) is 0 Å². The third-order valence-electron chi connectivity index (χ3n) is 4.47. The van der Waals surface area contributed by atoms with E-state index < -0.39 is 0 Å². The average molecular weight is 279 g/mol. The topological polar surface area (TPSA) is 32.7 Å². The fraction of sp³-hybridized carbons (Fsp3) is 0.765. The van der Waals surface area contributed by atoms with Gasteiger partial charge in [-0.15, -0.1) is 0 Å². The van der Waals surface area contributed by atoms with E-state index >= 15 is 0 Å². The molecule has 0 amide bonds. The number of allylic oxidation sites excluding steroid dienone is 2. The van der Waals surface area contributed by atoms with Gasteiger partial charge in [-0.25, -0.2) is 0 Å². The van der Waals surface area contributed by atoms with Crippen LogP contribution in [0.15, 0.2) is 23.8 Å². The van der Waals surface area contributed by atoms with Crippen molar-refractivity contribution in [1.82, 2.24) is 5.06 Å². The fourth-order valence-electron chi connectivity index (χ4n) is 3.46. The van der Waals surface area contributed by atoms with Crippen molar-refractivity contribution in [1.29, 1.82) is 0 Å². The van der Waals surface area contributed by atoms with Gasteiger partial charge in [-0.3, -0.25) is 4.84 Å². The molecule has 1 unspecified atom stereocenters. The molecular formula is C17H29NO2. The predicted octanol–water partition coefficient (Wildman–Crippen LogP) is 3.60. The van der Waals surface area contributed by atoms with Crippen molar-refractivity contribution in [2.75, 3.05) is 6.61 Å². The number of hydrogen-bond donors (Lipinski definition) is 1. The molecule has 1 saturated heterocycles. The predicted molar refractivity (Wildman–Crippen MR) is 82.3 cm³/mol. The highest BCUT2D eigenvalue weighted by atomic mass is 16.7. The molecule has 0 radical (unpaired) electrons. The lowest BCUT2D eigenvalue weighted by molar-refractivity contribution is -0.301. The molecule has 0 aromatic rings. The summed E-state index contributed by atoms with van der Waals surface area (Å²) in [6.45, 7) is 8.95. The number of rotatable bonds is 4. The third-order valence-corrected chi connectivity index (χ3v) is 4.47. The minimum atomic E-state index is -0.247. The van der Waals surface area contributed by atoms with Crippen LogP contribution in [0.4, 0.5) is 0 Å². The molecular weight excluding hydrogens is 250 g/mol. The summed E-state index contributed by atoms with van der Waals surface area (Å²) in [6, 6.07) is 0. The molecule has 0 spiro atoms. The quantitative estimate of drug-likeness (QED) is 0.853. The normalized spacial score (nSPS) is 27.1. The Labute approximate surface area is 123 Å². The van der Waals surface area contributed by atoms with E-state index in [4.69, 9.17) is 4.84 Å². The summed E-state index contributed by atoms with van der Waals surface area (Å²) in [5, 5.41) is 11.9. The molecule has 1 aliphatic carbocycles. The minimum absolute atomic E-state index is 0.00805. The van der Waals surface area contributed by atoms with Crippen LogP contribution < -0.4 is 0 Å². The van der Waals surface area contributed by atoms with Gasteiger partial charge in [0.2, 0.25) is 0 Å². The van der Waals surface area contributed by atoms with E-state index in [0.717, 1.165) is 31.3 Å². The molecule has 20 heavy (non-hydrogen) atoms. The SMILES string of the molecule is CC1(C)CCCC(C)(C)N1OC(CO)C1=CCCC=C1. The monoisotopic (exact) mass is 279 g/mol. The molecule has 3 nitrogen and oxygen atoms in total. The zero-order chi connectivity index (χ0) is 14.8. The fourth-order valence-corrected chi connectivity index (χ4v) is 3.46. The minimum Gasteiger partial charge on any atom is -0.393 e. The highest BCUT2D eigenvalue weighted by Crippen LogP contribution is 2.39. The first-order valence-electron chi connectivity index (χ1n) is 7.81. The van der Waals surface area contributed by atoms with Crippen LogP contribution in [0, 0.1) is 0 Å². The van der Waals surface area contributed by atoms with Crippen LogP contribution in [0.1, 0.15) is 59.8 Å². The van der Waals surface area contributed by atoms with Gasteiger partial charge in [-0.1, -0.05) is 18.2 Å². The standard InChI is InChI=1S/C17H29NO2/c1-16(2)11-8-12-17(3,4)18(16)20-15(13-19)14-9-6-5-7-10-14/h6,9-10,15,19H,5,7-8,11-13H2,1-4H3. The number of aliphatic hydroxyl groups is 1. The van der Waals surface area contributed by atoms with Crippen LogP contribution in [-0.4, -0.2) is 34.0 Å². The maximum atomic E-state index is 9.72. The van der Waals surface area contributed by atoms with Gasteiger partial charge < -0.3 is 5.11 Å². The lowest BCUT2D eigenvalue weighted by atomic mass is 9.82. The number of piperidine rings is 1. The van der Waals surface area contributed by atoms with Crippen LogP contribution in [0.2, 0.25) is 0 Å². The Morgan fingerprint density at radius 1 is 1.20 bits per heavy atom. The molecule has 1 fully saturated rings. The number of hydroxylamine groups is 2. The zero-order valence-corrected chi connectivity index (χ0v) is 13.4. The van der Waals surface area contributed by atoms with E-state index in [2.05, 4.69) is 51.0 Å². The van der Waals surface area contributed by atoms with Crippen LogP contribution in [0.3, 0.4) is 0 Å². The van der Waals surface area contributed by atoms with Gasteiger partial charge in [0.05, 0.1) is 6.61 Å². The maximum absolute atomic E-state index is 9.72. The first kappa shape index (κ1) is 15.7. The van der Waals surface area contributed by atoms with E-state index in [1.54, 1.807) is 0 Å². The molecule has 1 aliphatic heterocycles. The maximum Gasteiger partial charge on any atom is 0.127 e. The molecule has 1 heterocycles. The highest BCUT2D eigenvalue weighted by Gasteiger charge is 2.43. The largest absolute Gasteiger partial charge is 0.393 e. The smallest absolute Gasteiger partial charge is 0.127 e. The summed E-state index contributed by atoms with van der Waals surface area (Å²) in [7, 11) is 0. The van der Waals surface area contributed by atoms with E-state index in [-0.39, 0.29) is 23.8 Å². The van der Waals surface area contributed by atoms with Crippen molar-refractivity contribution >= 4 is 0 Å². The third kappa shape index (κ3) is 3.33. The van der Waals surface area contributed by atoms with Crippen LogP contribution in [-0.2, 0) is 4.84 Å². The summed E-state index contributed by atoms with van der Waals surface area (Å²) in [4.78, 5) is 6.27. The van der Waals surface area contributed by atoms with E-state index in [9.17, 15) is 5.11 Å². The van der Waals surface area contributed by atoms with Crippen molar-refractivity contribution in [2.24, 2.45) is 0 Å². The Morgan fingerprint density at radius 2 is 1.85 bits per heavy atom. The second kappa shape index (κ2) is 6.00. The van der Waals surface area contributed by atoms with Crippen LogP contribution in [0.25, 0.3) is 0 Å². The van der Waals surface area contributed by atoms with Gasteiger partial charge in [-0.05, 0) is 65.4 Å². The number of aliphatic hydroxyl groups excluding tert-OH is 1. The molecule has 114 valence electrons. The highest BCUT2D eigenvalue weighted by molar-refractivity contribution is 5.26. The molecule has 0 aromatic carbocycles. The van der Waals surface area contributed by atoms with Gasteiger partial charge in [0, 0.05) is 11.1 Å². The first-order chi connectivity index (χ1) is 9.37. The van der Waals surface area contributed by atoms with Gasteiger partial charge in [0.25, 0.3) is 0 Å². The Kier molecular flexibility index (Phi) is 4.73. The molecule has 1 atom stereocenters. The Balaban J connectivity index is 2.16. The second-order valence-electron chi connectivity index (χ2n) is 7.23. The van der Waals surface area contributed by atoms with E-state index in [1.165, 1.54) is 6.42 Å². The number of hydrogen-bond acceptors (Lipinski definition) is 3. The summed E-state index contributed by atoms with van der Waals surface area (Å²) >= 11 is 0.